The smallest absolute Gasteiger partial charge is 0.125 e. The number of hydrogen-bond acceptors (Lipinski definition) is 3. The number of para-hydroxylation sites is 2. The van der Waals surface area contributed by atoms with Crippen LogP contribution >= 0.6 is 0 Å². The van der Waals surface area contributed by atoms with Gasteiger partial charge in [-0.2, -0.15) is 5.26 Å². The molecule has 0 saturated carbocycles. The molecule has 3 nitrogen and oxygen atoms in total. The number of anilines is 1. The predicted octanol–water partition coefficient (Wildman–Crippen LogP) is 4.93. The minimum atomic E-state index is -0.0901. The van der Waals surface area contributed by atoms with Crippen LogP contribution in [0.2, 0.25) is 0 Å². The van der Waals surface area contributed by atoms with Gasteiger partial charge in [0, 0.05) is 11.3 Å². The van der Waals surface area contributed by atoms with Gasteiger partial charge in [0.1, 0.15) is 5.75 Å². The van der Waals surface area contributed by atoms with E-state index in [1.54, 1.807) is 0 Å². The van der Waals surface area contributed by atoms with Crippen molar-refractivity contribution in [2.45, 2.75) is 38.8 Å². The van der Waals surface area contributed by atoms with E-state index in [-0.39, 0.29) is 12.1 Å². The maximum absolute atomic E-state index is 9.16. The van der Waals surface area contributed by atoms with Crippen LogP contribution in [0.25, 0.3) is 0 Å². The van der Waals surface area contributed by atoms with E-state index in [0.29, 0.717) is 6.42 Å². The summed E-state index contributed by atoms with van der Waals surface area (Å²) in [5.41, 5.74) is 2.02. The van der Waals surface area contributed by atoms with E-state index >= 15 is 0 Å². The second-order valence-electron chi connectivity index (χ2n) is 5.30. The number of benzene rings is 2. The number of rotatable bonds is 7. The van der Waals surface area contributed by atoms with Crippen molar-refractivity contribution in [1.82, 2.24) is 0 Å². The molecule has 3 heteroatoms. The van der Waals surface area contributed by atoms with Crippen molar-refractivity contribution in [1.29, 1.82) is 5.26 Å². The van der Waals surface area contributed by atoms with Gasteiger partial charge >= 0.3 is 0 Å². The van der Waals surface area contributed by atoms with Gasteiger partial charge in [0.25, 0.3) is 0 Å². The maximum Gasteiger partial charge on any atom is 0.125 e. The monoisotopic (exact) mass is 294 g/mol. The number of ether oxygens (including phenoxy) is 1. The molecule has 114 valence electrons. The molecule has 22 heavy (non-hydrogen) atoms. The lowest BCUT2D eigenvalue weighted by atomic mass is 10.0. The first-order valence-corrected chi connectivity index (χ1v) is 7.68. The standard InChI is InChI=1S/C19H22N2O/c1-3-15(2)22-19-12-8-7-11-17(19)18(13-14-20)21-16-9-5-4-6-10-16/h4-12,15,18,21H,3,13H2,1-2H3. The van der Waals surface area contributed by atoms with Crippen molar-refractivity contribution >= 4 is 5.69 Å². The van der Waals surface area contributed by atoms with Crippen LogP contribution in [0.3, 0.4) is 0 Å². The summed E-state index contributed by atoms with van der Waals surface area (Å²) in [6, 6.07) is 20.1. The molecule has 0 aliphatic heterocycles. The number of hydrogen-bond donors (Lipinski definition) is 1. The van der Waals surface area contributed by atoms with Gasteiger partial charge in [0.05, 0.1) is 24.6 Å². The van der Waals surface area contributed by atoms with Crippen molar-refractivity contribution in [3.8, 4) is 11.8 Å². The van der Waals surface area contributed by atoms with Gasteiger partial charge in [-0.15, -0.1) is 0 Å². The molecule has 0 saturated heterocycles. The van der Waals surface area contributed by atoms with E-state index in [1.807, 2.05) is 54.6 Å². The zero-order valence-electron chi connectivity index (χ0n) is 13.1. The van der Waals surface area contributed by atoms with Crippen LogP contribution < -0.4 is 10.1 Å². The van der Waals surface area contributed by atoms with E-state index in [1.165, 1.54) is 0 Å². The Bertz CT molecular complexity index is 619. The first kappa shape index (κ1) is 15.9. The lowest BCUT2D eigenvalue weighted by Gasteiger charge is -2.22. The molecule has 0 aromatic heterocycles. The van der Waals surface area contributed by atoms with Crippen molar-refractivity contribution < 1.29 is 4.74 Å². The van der Waals surface area contributed by atoms with Gasteiger partial charge in [-0.3, -0.25) is 0 Å². The van der Waals surface area contributed by atoms with E-state index in [4.69, 9.17) is 10.00 Å². The third kappa shape index (κ3) is 4.26. The Kier molecular flexibility index (Phi) is 5.85. The molecule has 2 unspecified atom stereocenters. The summed E-state index contributed by atoms with van der Waals surface area (Å²) in [6.45, 7) is 4.16. The predicted molar refractivity (Wildman–Crippen MR) is 89.9 cm³/mol. The van der Waals surface area contributed by atoms with Gasteiger partial charge in [-0.25, -0.2) is 0 Å². The van der Waals surface area contributed by atoms with Crippen LogP contribution in [0, 0.1) is 11.3 Å². The van der Waals surface area contributed by atoms with Crippen molar-refractivity contribution in [2.75, 3.05) is 5.32 Å². The molecular formula is C19H22N2O. The fourth-order valence-electron chi connectivity index (χ4n) is 2.24. The van der Waals surface area contributed by atoms with Crippen molar-refractivity contribution in [2.24, 2.45) is 0 Å². The average Bonchev–Trinajstić information content (AvgIpc) is 2.56. The van der Waals surface area contributed by atoms with E-state index in [9.17, 15) is 0 Å². The molecule has 0 heterocycles. The van der Waals surface area contributed by atoms with Crippen LogP contribution in [0.15, 0.2) is 54.6 Å². The molecule has 0 aliphatic rings. The maximum atomic E-state index is 9.16. The summed E-state index contributed by atoms with van der Waals surface area (Å²) in [7, 11) is 0. The van der Waals surface area contributed by atoms with E-state index in [0.717, 1.165) is 23.4 Å². The lowest BCUT2D eigenvalue weighted by molar-refractivity contribution is 0.214. The minimum Gasteiger partial charge on any atom is -0.490 e. The molecule has 2 aromatic rings. The number of nitriles is 1. The highest BCUT2D eigenvalue weighted by Crippen LogP contribution is 2.30. The van der Waals surface area contributed by atoms with Gasteiger partial charge < -0.3 is 10.1 Å². The molecule has 0 spiro atoms. The van der Waals surface area contributed by atoms with Gasteiger partial charge in [-0.1, -0.05) is 43.3 Å². The van der Waals surface area contributed by atoms with Crippen LogP contribution in [0.5, 0.6) is 5.75 Å². The summed E-state index contributed by atoms with van der Waals surface area (Å²) in [5, 5.41) is 12.6. The Hall–Kier alpha value is -2.47. The topological polar surface area (TPSA) is 45.0 Å². The van der Waals surface area contributed by atoms with Crippen LogP contribution in [0.4, 0.5) is 5.69 Å². The van der Waals surface area contributed by atoms with Crippen LogP contribution in [0.1, 0.15) is 38.3 Å². The first-order valence-electron chi connectivity index (χ1n) is 7.68. The van der Waals surface area contributed by atoms with E-state index in [2.05, 4.69) is 25.2 Å². The third-order valence-electron chi connectivity index (χ3n) is 3.61. The first-order chi connectivity index (χ1) is 10.7. The average molecular weight is 294 g/mol. The second-order valence-corrected chi connectivity index (χ2v) is 5.30. The summed E-state index contributed by atoms with van der Waals surface area (Å²) in [4.78, 5) is 0. The molecule has 2 rings (SSSR count). The van der Waals surface area contributed by atoms with Crippen LogP contribution in [-0.2, 0) is 0 Å². The Morgan fingerprint density at radius 1 is 1.09 bits per heavy atom. The largest absolute Gasteiger partial charge is 0.490 e. The molecule has 0 amide bonds. The van der Waals surface area contributed by atoms with Crippen molar-refractivity contribution in [3.63, 3.8) is 0 Å². The molecule has 0 radical (unpaired) electrons. The Balaban J connectivity index is 2.26. The van der Waals surface area contributed by atoms with E-state index < -0.39 is 0 Å². The highest BCUT2D eigenvalue weighted by Gasteiger charge is 2.17. The Labute approximate surface area is 132 Å². The Morgan fingerprint density at radius 3 is 2.45 bits per heavy atom. The third-order valence-corrected chi connectivity index (χ3v) is 3.61. The fraction of sp³-hybridized carbons (Fsp3) is 0.316. The summed E-state index contributed by atoms with van der Waals surface area (Å²) in [5.74, 6) is 0.848. The normalized spacial score (nSPS) is 13.0. The molecule has 0 bridgehead atoms. The second kappa shape index (κ2) is 8.09. The lowest BCUT2D eigenvalue weighted by Crippen LogP contribution is -2.15. The summed E-state index contributed by atoms with van der Waals surface area (Å²) >= 11 is 0. The van der Waals surface area contributed by atoms with Gasteiger partial charge in [-0.05, 0) is 31.5 Å². The highest BCUT2D eigenvalue weighted by atomic mass is 16.5. The van der Waals surface area contributed by atoms with Gasteiger partial charge in [0.15, 0.2) is 0 Å². The minimum absolute atomic E-state index is 0.0901. The molecule has 1 N–H and O–H groups in total. The highest BCUT2D eigenvalue weighted by molar-refractivity contribution is 5.48. The quantitative estimate of drug-likeness (QED) is 0.787. The van der Waals surface area contributed by atoms with Crippen molar-refractivity contribution in [3.05, 3.63) is 60.2 Å². The molecular weight excluding hydrogens is 272 g/mol. The zero-order valence-corrected chi connectivity index (χ0v) is 13.1. The summed E-state index contributed by atoms with van der Waals surface area (Å²) < 4.78 is 6.01. The molecule has 2 atom stereocenters. The Morgan fingerprint density at radius 2 is 1.77 bits per heavy atom. The zero-order chi connectivity index (χ0) is 15.8. The number of nitrogens with one attached hydrogen (secondary N) is 1. The molecule has 0 fully saturated rings. The van der Waals surface area contributed by atoms with Gasteiger partial charge in [0.2, 0.25) is 0 Å². The molecule has 2 aromatic carbocycles. The fourth-order valence-corrected chi connectivity index (χ4v) is 2.24. The summed E-state index contributed by atoms with van der Waals surface area (Å²) in [6.07, 6.45) is 1.49. The molecule has 0 aliphatic carbocycles. The number of nitrogens with zero attached hydrogens (tertiary/aromatic N) is 1. The SMILES string of the molecule is CCC(C)Oc1ccccc1C(CC#N)Nc1ccccc1. The van der Waals surface area contributed by atoms with Crippen LogP contribution in [-0.4, -0.2) is 6.10 Å².